The fourth-order valence-electron chi connectivity index (χ4n) is 1.60. The van der Waals surface area contributed by atoms with E-state index in [1.165, 1.54) is 23.1 Å². The lowest BCUT2D eigenvalue weighted by molar-refractivity contribution is -0.120. The van der Waals surface area contributed by atoms with Crippen molar-refractivity contribution in [1.82, 2.24) is 0 Å². The monoisotopic (exact) mass is 293 g/mol. The van der Waals surface area contributed by atoms with Gasteiger partial charge in [0.25, 0.3) is 5.91 Å². The molecule has 0 aliphatic carbocycles. The Labute approximate surface area is 121 Å². The summed E-state index contributed by atoms with van der Waals surface area (Å²) in [6.07, 6.45) is 0. The molecule has 0 saturated carbocycles. The number of halogens is 2. The highest BCUT2D eigenvalue weighted by atomic mass is 35.5. The Morgan fingerprint density at radius 2 is 1.95 bits per heavy atom. The second-order valence-electron chi connectivity index (χ2n) is 4.15. The SMILES string of the molecule is CN(C(=O)COc1ccc(F)c(Cl)c1)c1ccccc1. The van der Waals surface area contributed by atoms with Crippen LogP contribution in [0.4, 0.5) is 10.1 Å². The Morgan fingerprint density at radius 3 is 2.60 bits per heavy atom. The number of hydrogen-bond donors (Lipinski definition) is 0. The van der Waals surface area contributed by atoms with E-state index < -0.39 is 5.82 Å². The van der Waals surface area contributed by atoms with Crippen LogP contribution in [0.15, 0.2) is 48.5 Å². The summed E-state index contributed by atoms with van der Waals surface area (Å²) in [6, 6.07) is 13.2. The first kappa shape index (κ1) is 14.3. The summed E-state index contributed by atoms with van der Waals surface area (Å²) in [5.74, 6) is -0.380. The molecule has 0 saturated heterocycles. The largest absolute Gasteiger partial charge is 0.484 e. The average Bonchev–Trinajstić information content (AvgIpc) is 2.48. The van der Waals surface area contributed by atoms with Gasteiger partial charge in [-0.15, -0.1) is 0 Å². The van der Waals surface area contributed by atoms with Gasteiger partial charge in [-0.1, -0.05) is 29.8 Å². The summed E-state index contributed by atoms with van der Waals surface area (Å²) in [6.45, 7) is -0.145. The summed E-state index contributed by atoms with van der Waals surface area (Å²) in [7, 11) is 1.67. The number of nitrogens with zero attached hydrogens (tertiary/aromatic N) is 1. The minimum atomic E-state index is -0.522. The topological polar surface area (TPSA) is 29.5 Å². The van der Waals surface area contributed by atoms with E-state index in [0.29, 0.717) is 5.75 Å². The summed E-state index contributed by atoms with van der Waals surface area (Å²) < 4.78 is 18.3. The Hall–Kier alpha value is -2.07. The molecule has 104 valence electrons. The normalized spacial score (nSPS) is 10.2. The van der Waals surface area contributed by atoms with Gasteiger partial charge in [-0.3, -0.25) is 4.79 Å². The Balaban J connectivity index is 1.96. The highest BCUT2D eigenvalue weighted by Crippen LogP contribution is 2.21. The van der Waals surface area contributed by atoms with Crippen molar-refractivity contribution >= 4 is 23.2 Å². The van der Waals surface area contributed by atoms with Crippen LogP contribution in [0, 0.1) is 5.82 Å². The van der Waals surface area contributed by atoms with Crippen LogP contribution in [0.1, 0.15) is 0 Å². The van der Waals surface area contributed by atoms with Gasteiger partial charge in [0, 0.05) is 18.8 Å². The van der Waals surface area contributed by atoms with Crippen LogP contribution in [0.25, 0.3) is 0 Å². The molecule has 5 heteroatoms. The Kier molecular flexibility index (Phi) is 4.58. The van der Waals surface area contributed by atoms with E-state index in [2.05, 4.69) is 0 Å². The van der Waals surface area contributed by atoms with Crippen LogP contribution in [-0.2, 0) is 4.79 Å². The molecule has 0 spiro atoms. The number of anilines is 1. The van der Waals surface area contributed by atoms with Gasteiger partial charge in [-0.2, -0.15) is 0 Å². The highest BCUT2D eigenvalue weighted by molar-refractivity contribution is 6.30. The molecule has 0 fully saturated rings. The van der Waals surface area contributed by atoms with Crippen molar-refractivity contribution in [3.8, 4) is 5.75 Å². The molecular weight excluding hydrogens is 281 g/mol. The maximum Gasteiger partial charge on any atom is 0.264 e. The zero-order chi connectivity index (χ0) is 14.5. The molecule has 1 amide bonds. The minimum Gasteiger partial charge on any atom is -0.484 e. The second-order valence-corrected chi connectivity index (χ2v) is 4.56. The summed E-state index contributed by atoms with van der Waals surface area (Å²) >= 11 is 5.64. The van der Waals surface area contributed by atoms with E-state index in [0.717, 1.165) is 5.69 Å². The van der Waals surface area contributed by atoms with E-state index in [1.807, 2.05) is 30.3 Å². The van der Waals surface area contributed by atoms with Gasteiger partial charge in [0.15, 0.2) is 6.61 Å². The lowest BCUT2D eigenvalue weighted by Gasteiger charge is -2.17. The van der Waals surface area contributed by atoms with Crippen molar-refractivity contribution in [1.29, 1.82) is 0 Å². The second kappa shape index (κ2) is 6.39. The first-order chi connectivity index (χ1) is 9.58. The Morgan fingerprint density at radius 1 is 1.25 bits per heavy atom. The number of carbonyl (C=O) groups excluding carboxylic acids is 1. The van der Waals surface area contributed by atoms with Gasteiger partial charge in [0.1, 0.15) is 11.6 Å². The third kappa shape index (κ3) is 3.48. The third-order valence-corrected chi connectivity index (χ3v) is 3.06. The van der Waals surface area contributed by atoms with E-state index in [9.17, 15) is 9.18 Å². The summed E-state index contributed by atoms with van der Waals surface area (Å²) in [5.41, 5.74) is 0.776. The number of rotatable bonds is 4. The number of ether oxygens (including phenoxy) is 1. The van der Waals surface area contributed by atoms with Crippen molar-refractivity contribution in [2.75, 3.05) is 18.6 Å². The van der Waals surface area contributed by atoms with Crippen molar-refractivity contribution < 1.29 is 13.9 Å². The number of amides is 1. The molecular formula is C15H13ClFNO2. The minimum absolute atomic E-state index is 0.0358. The van der Waals surface area contributed by atoms with Crippen LogP contribution in [-0.4, -0.2) is 19.6 Å². The molecule has 0 aliphatic rings. The number of para-hydroxylation sites is 1. The average molecular weight is 294 g/mol. The van der Waals surface area contributed by atoms with E-state index in [1.54, 1.807) is 7.05 Å². The smallest absolute Gasteiger partial charge is 0.264 e. The third-order valence-electron chi connectivity index (χ3n) is 2.77. The standard InChI is InChI=1S/C15H13ClFNO2/c1-18(11-5-3-2-4-6-11)15(19)10-20-12-7-8-14(17)13(16)9-12/h2-9H,10H2,1H3. The number of likely N-dealkylation sites (N-methyl/N-ethyl adjacent to an activating group) is 1. The molecule has 0 aromatic heterocycles. The number of benzene rings is 2. The molecule has 0 radical (unpaired) electrons. The summed E-state index contributed by atoms with van der Waals surface area (Å²) in [4.78, 5) is 13.5. The zero-order valence-electron chi connectivity index (χ0n) is 10.8. The lowest BCUT2D eigenvalue weighted by Crippen LogP contribution is -2.31. The molecule has 0 heterocycles. The van der Waals surface area contributed by atoms with Gasteiger partial charge in [-0.25, -0.2) is 4.39 Å². The molecule has 2 aromatic rings. The summed E-state index contributed by atoms with van der Waals surface area (Å²) in [5, 5.41) is -0.0358. The maximum atomic E-state index is 13.0. The fourth-order valence-corrected chi connectivity index (χ4v) is 1.77. The van der Waals surface area contributed by atoms with Crippen molar-refractivity contribution in [3.63, 3.8) is 0 Å². The maximum absolute atomic E-state index is 13.0. The zero-order valence-corrected chi connectivity index (χ0v) is 11.6. The molecule has 0 atom stereocenters. The van der Waals surface area contributed by atoms with E-state index in [-0.39, 0.29) is 17.5 Å². The molecule has 2 aromatic carbocycles. The molecule has 2 rings (SSSR count). The molecule has 3 nitrogen and oxygen atoms in total. The van der Waals surface area contributed by atoms with Gasteiger partial charge in [0.2, 0.25) is 0 Å². The van der Waals surface area contributed by atoms with Crippen molar-refractivity contribution in [3.05, 3.63) is 59.4 Å². The quantitative estimate of drug-likeness (QED) is 0.863. The van der Waals surface area contributed by atoms with E-state index in [4.69, 9.17) is 16.3 Å². The number of carbonyl (C=O) groups is 1. The first-order valence-corrected chi connectivity index (χ1v) is 6.35. The predicted octanol–water partition coefficient (Wildman–Crippen LogP) is 3.52. The molecule has 0 aliphatic heterocycles. The van der Waals surface area contributed by atoms with Crippen LogP contribution in [0.2, 0.25) is 5.02 Å². The van der Waals surface area contributed by atoms with Gasteiger partial charge >= 0.3 is 0 Å². The lowest BCUT2D eigenvalue weighted by atomic mass is 10.3. The van der Waals surface area contributed by atoms with Crippen molar-refractivity contribution in [2.24, 2.45) is 0 Å². The van der Waals surface area contributed by atoms with E-state index >= 15 is 0 Å². The molecule has 0 bridgehead atoms. The fraction of sp³-hybridized carbons (Fsp3) is 0.133. The number of hydrogen-bond acceptors (Lipinski definition) is 2. The molecule has 20 heavy (non-hydrogen) atoms. The molecule has 0 N–H and O–H groups in total. The van der Waals surface area contributed by atoms with Gasteiger partial charge in [0.05, 0.1) is 5.02 Å². The first-order valence-electron chi connectivity index (χ1n) is 5.97. The highest BCUT2D eigenvalue weighted by Gasteiger charge is 2.11. The Bertz CT molecular complexity index is 604. The van der Waals surface area contributed by atoms with Crippen LogP contribution >= 0.6 is 11.6 Å². The van der Waals surface area contributed by atoms with Crippen LogP contribution in [0.5, 0.6) is 5.75 Å². The predicted molar refractivity (Wildman–Crippen MR) is 76.8 cm³/mol. The van der Waals surface area contributed by atoms with Gasteiger partial charge in [-0.05, 0) is 24.3 Å². The van der Waals surface area contributed by atoms with Gasteiger partial charge < -0.3 is 9.64 Å². The van der Waals surface area contributed by atoms with Crippen LogP contribution < -0.4 is 9.64 Å². The molecule has 0 unspecified atom stereocenters. The van der Waals surface area contributed by atoms with Crippen LogP contribution in [0.3, 0.4) is 0 Å². The van der Waals surface area contributed by atoms with Crippen molar-refractivity contribution in [2.45, 2.75) is 0 Å².